The third kappa shape index (κ3) is 43.9. The number of hydrogen-bond acceptors (Lipinski definition) is 5. The maximum Gasteiger partial charge on any atom is 0.0370 e. The number of piperidine rings is 1. The Morgan fingerprint density at radius 3 is 0.909 bits per heavy atom. The minimum Gasteiger partial charge on any atom is -0.388 e. The van der Waals surface area contributed by atoms with E-state index in [1.807, 2.05) is 13.1 Å². The van der Waals surface area contributed by atoms with Crippen LogP contribution in [0.4, 0.5) is 5.69 Å². The molecule has 5 nitrogen and oxygen atoms in total. The Hall–Kier alpha value is -1.14. The second kappa shape index (κ2) is 62.0. The number of nitrogens with zero attached hydrogens (tertiary/aromatic N) is 3. The van der Waals surface area contributed by atoms with Crippen LogP contribution in [0.5, 0.6) is 0 Å². The van der Waals surface area contributed by atoms with E-state index in [-0.39, 0.29) is 0 Å². The number of likely N-dealkylation sites (N-methyl/N-ethyl adjacent to an activating group) is 2. The summed E-state index contributed by atoms with van der Waals surface area (Å²) >= 11 is 0. The maximum absolute atomic E-state index is 3.44. The quantitative estimate of drug-likeness (QED) is 0.113. The first-order valence-corrected chi connectivity index (χ1v) is 45.6. The number of likely N-dealkylation sites (tertiary alicyclic amines) is 1. The van der Waals surface area contributed by atoms with Crippen molar-refractivity contribution >= 4 is 5.69 Å². The zero-order valence-corrected chi connectivity index (χ0v) is 71.2. The van der Waals surface area contributed by atoms with Gasteiger partial charge in [-0.25, -0.2) is 0 Å². The van der Waals surface area contributed by atoms with Gasteiger partial charge in [0.2, 0.25) is 0 Å². The fraction of sp³-hybridized carbons (Fsp3) is 0.936. The van der Waals surface area contributed by atoms with Crippen molar-refractivity contribution in [1.29, 1.82) is 0 Å². The molecule has 0 spiro atoms. The Kier molecular flexibility index (Phi) is 58.8. The molecule has 2 heterocycles. The molecule has 2 unspecified atom stereocenters. The Morgan fingerprint density at radius 1 is 0.313 bits per heavy atom. The van der Waals surface area contributed by atoms with Crippen molar-refractivity contribution in [1.82, 2.24) is 20.0 Å². The number of hydrogen-bond donors (Lipinski definition) is 2. The summed E-state index contributed by atoms with van der Waals surface area (Å²) in [6, 6.07) is 9.18. The van der Waals surface area contributed by atoms with E-state index in [0.717, 1.165) is 95.3 Å². The molecule has 9 aliphatic rings. The van der Waals surface area contributed by atoms with Gasteiger partial charge in [0.05, 0.1) is 0 Å². The second-order valence-corrected chi connectivity index (χ2v) is 34.8. The van der Waals surface area contributed by atoms with E-state index in [9.17, 15) is 0 Å². The number of piperazine rings is 1. The van der Waals surface area contributed by atoms with Gasteiger partial charge in [0.25, 0.3) is 0 Å². The van der Waals surface area contributed by atoms with E-state index in [0.29, 0.717) is 0 Å². The van der Waals surface area contributed by atoms with Crippen molar-refractivity contribution in [3.63, 3.8) is 0 Å². The standard InChI is InChI=1S/C16H31N.C16H30.C12H24.2C10H20.C9H13N.C9H19N.C6H14N2.C6H14/c1-3-13-4-6-14(7-5-13)12-15-8-10-16(17-2)11-9-15;1-3-13-5-9-15(10-6-13)16-11-7-14(4-2)8-12-16;1-3-5-11-7-9-12(6-4-2)10-8-11;1-3-9-5-7-10(4-2)8-6-9;1-3-9-7-5-6-8-10(9)4-2;1-3-8-6-4-5-7-9(8)10-2;1-3-4-9-5-7-10(2)8-6-9;1-7-3-5-8(2)6-4-7;1-3-5-6-4-2/h13-17H,3-12H2,1-2H3;13-16H,3-12H2,1-2H3;11-12H,3-10H2,1-2H3;2*9-10H,3-8H2,1-2H3;4-7,10H,3H2,1-2H3;9H,3-8H2,1-2H3;3-6H2,1-2H3;3-6H2,1-2H3. The molecule has 0 amide bonds. The monoisotopic (exact) mass is 1380 g/mol. The summed E-state index contributed by atoms with van der Waals surface area (Å²) in [5.41, 5.74) is 2.62. The average molecular weight is 1390 g/mol. The molecule has 7 aliphatic carbocycles. The second-order valence-electron chi connectivity index (χ2n) is 34.8. The van der Waals surface area contributed by atoms with Gasteiger partial charge in [-0.3, -0.25) is 0 Å². The fourth-order valence-corrected chi connectivity index (χ4v) is 19.4. The highest BCUT2D eigenvalue weighted by atomic mass is 15.2. The summed E-state index contributed by atoms with van der Waals surface area (Å²) in [5.74, 6) is 15.1. The maximum atomic E-state index is 3.44. The van der Waals surface area contributed by atoms with Crippen molar-refractivity contribution in [3.8, 4) is 0 Å². The number of rotatable bonds is 22. The molecule has 586 valence electrons. The molecule has 7 saturated carbocycles. The lowest BCUT2D eigenvalue weighted by molar-refractivity contribution is 0.144. The molecule has 99 heavy (non-hydrogen) atoms. The highest BCUT2D eigenvalue weighted by Gasteiger charge is 2.31. The van der Waals surface area contributed by atoms with Crippen molar-refractivity contribution in [2.75, 3.05) is 79.8 Å². The van der Waals surface area contributed by atoms with Crippen molar-refractivity contribution in [2.45, 2.75) is 411 Å². The minimum absolute atomic E-state index is 0.821. The van der Waals surface area contributed by atoms with Crippen LogP contribution >= 0.6 is 0 Å². The molecule has 0 radical (unpaired) electrons. The third-order valence-corrected chi connectivity index (χ3v) is 27.6. The number of aryl methyl sites for hydroxylation is 1. The molecule has 9 fully saturated rings. The summed E-state index contributed by atoms with van der Waals surface area (Å²) in [4.78, 5) is 7.16. The van der Waals surface area contributed by atoms with Crippen molar-refractivity contribution in [2.24, 2.45) is 82.9 Å². The molecule has 2 aliphatic heterocycles. The van der Waals surface area contributed by atoms with Gasteiger partial charge in [0.15, 0.2) is 0 Å². The molecule has 2 atom stereocenters. The van der Waals surface area contributed by atoms with E-state index in [1.165, 1.54) is 327 Å². The summed E-state index contributed by atoms with van der Waals surface area (Å²) in [5, 5.41) is 6.59. The normalized spacial score (nSPS) is 29.9. The first kappa shape index (κ1) is 93.9. The van der Waals surface area contributed by atoms with E-state index < -0.39 is 0 Å². The SMILES string of the molecule is CCC1CCC(C2CCC(CC)CC2)CC1.CCC1CCC(CC)CC1.CCC1CCC(CC2CCC(NC)CC2)CC1.CCC1CCCCC1CC.CCCC1CCC(CCC)CC1.CCCC1CCN(C)CC1.CCCCCC.CCc1ccccc1NC.CN1CCN(C)CC1. The predicted octanol–water partition coefficient (Wildman–Crippen LogP) is 28.3. The molecule has 1 aromatic rings. The highest BCUT2D eigenvalue weighted by Crippen LogP contribution is 2.43. The number of anilines is 1. The van der Waals surface area contributed by atoms with Gasteiger partial charge in [-0.1, -0.05) is 346 Å². The van der Waals surface area contributed by atoms with Crippen LogP contribution in [0.2, 0.25) is 0 Å². The van der Waals surface area contributed by atoms with E-state index in [2.05, 4.69) is 162 Å². The van der Waals surface area contributed by atoms with E-state index in [4.69, 9.17) is 0 Å². The van der Waals surface area contributed by atoms with Crippen LogP contribution in [-0.2, 0) is 6.42 Å². The van der Waals surface area contributed by atoms with Gasteiger partial charge in [-0.15, -0.1) is 0 Å². The lowest BCUT2D eigenvalue weighted by atomic mass is 9.68. The van der Waals surface area contributed by atoms with Gasteiger partial charge >= 0.3 is 0 Å². The van der Waals surface area contributed by atoms with Crippen LogP contribution in [0.15, 0.2) is 24.3 Å². The van der Waals surface area contributed by atoms with Gasteiger partial charge in [0.1, 0.15) is 0 Å². The first-order chi connectivity index (χ1) is 48.2. The molecular formula is C94H185N5. The minimum atomic E-state index is 0.821. The lowest BCUT2D eigenvalue weighted by Crippen LogP contribution is -2.42. The topological polar surface area (TPSA) is 33.8 Å². The number of unbranched alkanes of at least 4 members (excludes halogenated alkanes) is 3. The zero-order valence-electron chi connectivity index (χ0n) is 71.2. The van der Waals surface area contributed by atoms with Crippen molar-refractivity contribution < 1.29 is 0 Å². The summed E-state index contributed by atoms with van der Waals surface area (Å²) in [6.45, 7) is 37.6. The highest BCUT2D eigenvalue weighted by molar-refractivity contribution is 5.50. The number of benzene rings is 1. The summed E-state index contributed by atoms with van der Waals surface area (Å²) < 4.78 is 0. The van der Waals surface area contributed by atoms with Gasteiger partial charge in [-0.2, -0.15) is 0 Å². The summed E-state index contributed by atoms with van der Waals surface area (Å²) in [6.07, 6.45) is 72.0. The third-order valence-electron chi connectivity index (χ3n) is 27.6. The smallest absolute Gasteiger partial charge is 0.0370 e. The molecular weight excluding hydrogens is 1200 g/mol. The summed E-state index contributed by atoms with van der Waals surface area (Å²) in [7, 11) is 10.6. The van der Waals surface area contributed by atoms with Crippen LogP contribution < -0.4 is 10.6 Å². The largest absolute Gasteiger partial charge is 0.388 e. The van der Waals surface area contributed by atoms with E-state index >= 15 is 0 Å². The van der Waals surface area contributed by atoms with Crippen LogP contribution in [0.25, 0.3) is 0 Å². The molecule has 2 N–H and O–H groups in total. The van der Waals surface area contributed by atoms with Crippen LogP contribution in [0.1, 0.15) is 404 Å². The molecule has 10 rings (SSSR count). The Labute approximate surface area is 625 Å². The first-order valence-electron chi connectivity index (χ1n) is 45.6. The Bertz CT molecular complexity index is 1700. The van der Waals surface area contributed by atoms with Crippen LogP contribution in [-0.4, -0.2) is 95.2 Å². The Balaban J connectivity index is 0.000000384. The molecule has 0 bridgehead atoms. The molecule has 5 heteroatoms. The van der Waals surface area contributed by atoms with Crippen LogP contribution in [0, 0.1) is 82.9 Å². The lowest BCUT2D eigenvalue weighted by Gasteiger charge is -2.37. The number of para-hydroxylation sites is 1. The Morgan fingerprint density at radius 2 is 0.616 bits per heavy atom. The predicted molar refractivity (Wildman–Crippen MR) is 449 cm³/mol. The number of nitrogens with one attached hydrogen (secondary N) is 2. The van der Waals surface area contributed by atoms with Crippen LogP contribution in [0.3, 0.4) is 0 Å². The van der Waals surface area contributed by atoms with E-state index in [1.54, 1.807) is 32.1 Å². The fourth-order valence-electron chi connectivity index (χ4n) is 19.4. The molecule has 2 saturated heterocycles. The van der Waals surface area contributed by atoms with Gasteiger partial charge in [-0.05, 0) is 213 Å². The van der Waals surface area contributed by atoms with Gasteiger partial charge < -0.3 is 25.3 Å². The average Bonchev–Trinajstić information content (AvgIpc) is 1.34. The molecule has 1 aromatic carbocycles. The zero-order chi connectivity index (χ0) is 72.7. The van der Waals surface area contributed by atoms with Crippen molar-refractivity contribution in [3.05, 3.63) is 29.8 Å². The molecule has 0 aromatic heterocycles. The van der Waals surface area contributed by atoms with Gasteiger partial charge in [0, 0.05) is 45.0 Å².